The first kappa shape index (κ1) is 12.8. The van der Waals surface area contributed by atoms with Crippen molar-refractivity contribution in [2.75, 3.05) is 0 Å². The van der Waals surface area contributed by atoms with E-state index in [2.05, 4.69) is 10.3 Å². The Bertz CT molecular complexity index is 570. The van der Waals surface area contributed by atoms with Gasteiger partial charge in [0.1, 0.15) is 5.69 Å². The Morgan fingerprint density at radius 3 is 2.32 bits per heavy atom. The molecule has 0 fully saturated rings. The third kappa shape index (κ3) is 3.16. The van der Waals surface area contributed by atoms with Gasteiger partial charge in [-0.25, -0.2) is 4.79 Å². The number of rotatable bonds is 4. The molecule has 0 spiro atoms. The van der Waals surface area contributed by atoms with Crippen molar-refractivity contribution >= 4 is 11.9 Å². The van der Waals surface area contributed by atoms with Crippen LogP contribution in [-0.2, 0) is 4.79 Å². The molecule has 0 radical (unpaired) electrons. The third-order valence-electron chi connectivity index (χ3n) is 2.55. The minimum Gasteiger partial charge on any atom is -0.479 e. The van der Waals surface area contributed by atoms with Crippen LogP contribution in [0.5, 0.6) is 0 Å². The van der Waals surface area contributed by atoms with Crippen LogP contribution in [0.1, 0.15) is 22.1 Å². The predicted octanol–water partition coefficient (Wildman–Crippen LogP) is 1.64. The number of carbonyl (C=O) groups is 2. The van der Waals surface area contributed by atoms with Crippen LogP contribution in [0.2, 0.25) is 0 Å². The number of aromatic nitrogens is 1. The number of hydrogen-bond acceptors (Lipinski definition) is 3. The number of pyridine rings is 1. The summed E-state index contributed by atoms with van der Waals surface area (Å²) in [6, 6.07) is 12.3. The lowest BCUT2D eigenvalue weighted by Crippen LogP contribution is -2.34. The normalized spacial score (nSPS) is 11.6. The van der Waals surface area contributed by atoms with Gasteiger partial charge in [0, 0.05) is 6.20 Å². The van der Waals surface area contributed by atoms with Gasteiger partial charge in [0.15, 0.2) is 6.04 Å². The highest BCUT2D eigenvalue weighted by molar-refractivity contribution is 5.95. The SMILES string of the molecule is O=C(NC(C(=O)O)c1ccccc1)c1ccccn1. The maximum atomic E-state index is 11.9. The zero-order valence-electron chi connectivity index (χ0n) is 9.98. The smallest absolute Gasteiger partial charge is 0.330 e. The molecule has 2 aromatic rings. The number of carboxylic acid groups (broad SMARTS) is 1. The third-order valence-corrected chi connectivity index (χ3v) is 2.55. The first-order valence-corrected chi connectivity index (χ1v) is 5.68. The minimum atomic E-state index is -1.12. The van der Waals surface area contributed by atoms with E-state index < -0.39 is 17.9 Å². The maximum absolute atomic E-state index is 11.9. The Hall–Kier alpha value is -2.69. The zero-order chi connectivity index (χ0) is 13.7. The summed E-state index contributed by atoms with van der Waals surface area (Å²) in [5, 5.41) is 11.6. The summed E-state index contributed by atoms with van der Waals surface area (Å²) in [5.41, 5.74) is 0.698. The van der Waals surface area contributed by atoms with E-state index in [0.717, 1.165) is 0 Å². The molecule has 0 saturated carbocycles. The van der Waals surface area contributed by atoms with Crippen LogP contribution in [0, 0.1) is 0 Å². The molecule has 1 unspecified atom stereocenters. The second kappa shape index (κ2) is 5.77. The highest BCUT2D eigenvalue weighted by Crippen LogP contribution is 2.13. The Labute approximate surface area is 109 Å². The lowest BCUT2D eigenvalue weighted by atomic mass is 10.1. The molecule has 2 rings (SSSR count). The van der Waals surface area contributed by atoms with Crippen LogP contribution in [0.3, 0.4) is 0 Å². The van der Waals surface area contributed by atoms with E-state index in [4.69, 9.17) is 0 Å². The fourth-order valence-corrected chi connectivity index (χ4v) is 1.64. The molecule has 0 saturated heterocycles. The van der Waals surface area contributed by atoms with Gasteiger partial charge in [-0.1, -0.05) is 36.4 Å². The molecule has 0 aliphatic heterocycles. The van der Waals surface area contributed by atoms with Crippen molar-refractivity contribution in [2.24, 2.45) is 0 Å². The zero-order valence-corrected chi connectivity index (χ0v) is 9.98. The van der Waals surface area contributed by atoms with Crippen molar-refractivity contribution in [3.05, 3.63) is 66.0 Å². The average molecular weight is 256 g/mol. The monoisotopic (exact) mass is 256 g/mol. The lowest BCUT2D eigenvalue weighted by Gasteiger charge is -2.14. The fourth-order valence-electron chi connectivity index (χ4n) is 1.64. The first-order valence-electron chi connectivity index (χ1n) is 5.68. The van der Waals surface area contributed by atoms with Crippen LogP contribution < -0.4 is 5.32 Å². The van der Waals surface area contributed by atoms with Gasteiger partial charge < -0.3 is 10.4 Å². The minimum absolute atomic E-state index is 0.185. The topological polar surface area (TPSA) is 79.3 Å². The van der Waals surface area contributed by atoms with Crippen LogP contribution in [0.25, 0.3) is 0 Å². The van der Waals surface area contributed by atoms with E-state index in [-0.39, 0.29) is 5.69 Å². The van der Waals surface area contributed by atoms with Crippen molar-refractivity contribution < 1.29 is 14.7 Å². The predicted molar refractivity (Wildman–Crippen MR) is 68.5 cm³/mol. The molecule has 0 aliphatic carbocycles. The Morgan fingerprint density at radius 1 is 1.05 bits per heavy atom. The molecule has 1 heterocycles. The highest BCUT2D eigenvalue weighted by Gasteiger charge is 2.22. The van der Waals surface area contributed by atoms with Gasteiger partial charge in [0.2, 0.25) is 0 Å². The van der Waals surface area contributed by atoms with E-state index in [1.165, 1.54) is 12.3 Å². The van der Waals surface area contributed by atoms with E-state index in [1.807, 2.05) is 0 Å². The molecule has 1 aromatic heterocycles. The summed E-state index contributed by atoms with van der Waals surface area (Å²) in [7, 11) is 0. The number of carbonyl (C=O) groups excluding carboxylic acids is 1. The number of nitrogens with one attached hydrogen (secondary N) is 1. The molecule has 1 aromatic carbocycles. The largest absolute Gasteiger partial charge is 0.479 e. The van der Waals surface area contributed by atoms with Gasteiger partial charge in [-0.15, -0.1) is 0 Å². The van der Waals surface area contributed by atoms with Gasteiger partial charge in [-0.2, -0.15) is 0 Å². The quantitative estimate of drug-likeness (QED) is 0.871. The molecule has 96 valence electrons. The Morgan fingerprint density at radius 2 is 1.74 bits per heavy atom. The average Bonchev–Trinajstić information content (AvgIpc) is 2.46. The number of carboxylic acids is 1. The van der Waals surface area contributed by atoms with Crippen LogP contribution in [0.4, 0.5) is 0 Å². The van der Waals surface area contributed by atoms with Crippen LogP contribution in [-0.4, -0.2) is 22.0 Å². The molecule has 5 heteroatoms. The summed E-state index contributed by atoms with van der Waals surface area (Å²) in [4.78, 5) is 27.0. The number of benzene rings is 1. The second-order valence-corrected chi connectivity index (χ2v) is 3.87. The number of aliphatic carboxylic acids is 1. The first-order chi connectivity index (χ1) is 9.18. The standard InChI is InChI=1S/C14H12N2O3/c17-13(11-8-4-5-9-15-11)16-12(14(18)19)10-6-2-1-3-7-10/h1-9,12H,(H,16,17)(H,18,19). The lowest BCUT2D eigenvalue weighted by molar-refractivity contribution is -0.139. The van der Waals surface area contributed by atoms with Gasteiger partial charge in [-0.3, -0.25) is 9.78 Å². The molecular formula is C14H12N2O3. The fraction of sp³-hybridized carbons (Fsp3) is 0.0714. The molecule has 19 heavy (non-hydrogen) atoms. The van der Waals surface area contributed by atoms with Gasteiger partial charge in [0.05, 0.1) is 0 Å². The van der Waals surface area contributed by atoms with E-state index in [9.17, 15) is 14.7 Å². The van der Waals surface area contributed by atoms with E-state index in [0.29, 0.717) is 5.56 Å². The number of amides is 1. The maximum Gasteiger partial charge on any atom is 0.330 e. The second-order valence-electron chi connectivity index (χ2n) is 3.87. The molecule has 5 nitrogen and oxygen atoms in total. The summed E-state index contributed by atoms with van der Waals surface area (Å²) >= 11 is 0. The van der Waals surface area contributed by atoms with Crippen LogP contribution >= 0.6 is 0 Å². The summed E-state index contributed by atoms with van der Waals surface area (Å²) in [5.74, 6) is -1.63. The molecule has 0 bridgehead atoms. The molecule has 1 atom stereocenters. The number of hydrogen-bond donors (Lipinski definition) is 2. The number of nitrogens with zero attached hydrogens (tertiary/aromatic N) is 1. The van der Waals surface area contributed by atoms with E-state index >= 15 is 0 Å². The summed E-state index contributed by atoms with van der Waals surface area (Å²) in [6.07, 6.45) is 1.48. The molecule has 2 N–H and O–H groups in total. The summed E-state index contributed by atoms with van der Waals surface area (Å²) < 4.78 is 0. The van der Waals surface area contributed by atoms with Crippen LogP contribution in [0.15, 0.2) is 54.7 Å². The van der Waals surface area contributed by atoms with Gasteiger partial charge in [-0.05, 0) is 17.7 Å². The van der Waals surface area contributed by atoms with E-state index in [1.54, 1.807) is 42.5 Å². The van der Waals surface area contributed by atoms with Gasteiger partial charge in [0.25, 0.3) is 5.91 Å². The molecule has 1 amide bonds. The van der Waals surface area contributed by atoms with Crippen molar-refractivity contribution in [2.45, 2.75) is 6.04 Å². The van der Waals surface area contributed by atoms with Crippen molar-refractivity contribution in [1.82, 2.24) is 10.3 Å². The summed E-state index contributed by atoms with van der Waals surface area (Å²) in [6.45, 7) is 0. The van der Waals surface area contributed by atoms with Crippen molar-refractivity contribution in [3.63, 3.8) is 0 Å². The van der Waals surface area contributed by atoms with Crippen molar-refractivity contribution in [3.8, 4) is 0 Å². The van der Waals surface area contributed by atoms with Gasteiger partial charge >= 0.3 is 5.97 Å². The molecule has 0 aliphatic rings. The highest BCUT2D eigenvalue weighted by atomic mass is 16.4. The van der Waals surface area contributed by atoms with Crippen molar-refractivity contribution in [1.29, 1.82) is 0 Å². The Balaban J connectivity index is 2.19. The Kier molecular flexibility index (Phi) is 3.87. The molecular weight excluding hydrogens is 244 g/mol.